The Labute approximate surface area is 132 Å². The monoisotopic (exact) mass is 315 g/mol. The molecule has 3 aromatic heterocycles. The summed E-state index contributed by atoms with van der Waals surface area (Å²) in [5.41, 5.74) is 0.772. The predicted molar refractivity (Wildman–Crippen MR) is 86.0 cm³/mol. The Morgan fingerprint density at radius 3 is 3.23 bits per heavy atom. The second-order valence-electron chi connectivity index (χ2n) is 5.42. The summed E-state index contributed by atoms with van der Waals surface area (Å²) in [6, 6.07) is 4.23. The Morgan fingerprint density at radius 2 is 2.41 bits per heavy atom. The summed E-state index contributed by atoms with van der Waals surface area (Å²) in [7, 11) is 0. The summed E-state index contributed by atoms with van der Waals surface area (Å²) in [4.78, 5) is 12.3. The SMILES string of the molecule is c1csc(CN(CC2CCCO2)c2ncnc3[nH]ncc23)c1. The maximum atomic E-state index is 5.81. The molecule has 1 aliphatic rings. The highest BCUT2D eigenvalue weighted by Crippen LogP contribution is 2.26. The van der Waals surface area contributed by atoms with Crippen molar-refractivity contribution in [2.75, 3.05) is 18.1 Å². The number of H-pyrrole nitrogens is 1. The van der Waals surface area contributed by atoms with E-state index in [1.165, 1.54) is 4.88 Å². The summed E-state index contributed by atoms with van der Waals surface area (Å²) in [5.74, 6) is 0.919. The number of nitrogens with zero attached hydrogens (tertiary/aromatic N) is 4. The molecule has 0 spiro atoms. The van der Waals surface area contributed by atoms with Crippen molar-refractivity contribution in [3.63, 3.8) is 0 Å². The first-order valence-electron chi connectivity index (χ1n) is 7.43. The molecule has 1 saturated heterocycles. The minimum Gasteiger partial charge on any atom is -0.376 e. The van der Waals surface area contributed by atoms with Crippen LogP contribution in [0.15, 0.2) is 30.0 Å². The van der Waals surface area contributed by atoms with Gasteiger partial charge in [-0.15, -0.1) is 11.3 Å². The van der Waals surface area contributed by atoms with Crippen molar-refractivity contribution in [3.05, 3.63) is 34.9 Å². The van der Waals surface area contributed by atoms with Crippen molar-refractivity contribution < 1.29 is 4.74 Å². The Kier molecular flexibility index (Phi) is 3.74. The predicted octanol–water partition coefficient (Wildman–Crippen LogP) is 2.60. The topological polar surface area (TPSA) is 66.9 Å². The third-order valence-corrected chi connectivity index (χ3v) is 4.76. The first-order valence-corrected chi connectivity index (χ1v) is 8.31. The zero-order chi connectivity index (χ0) is 14.8. The lowest BCUT2D eigenvalue weighted by Gasteiger charge is -2.26. The van der Waals surface area contributed by atoms with Crippen LogP contribution in [0.25, 0.3) is 11.0 Å². The second-order valence-corrected chi connectivity index (χ2v) is 6.46. The molecule has 7 heteroatoms. The number of nitrogens with one attached hydrogen (secondary N) is 1. The van der Waals surface area contributed by atoms with Crippen LogP contribution in [0.3, 0.4) is 0 Å². The van der Waals surface area contributed by atoms with Gasteiger partial charge >= 0.3 is 0 Å². The van der Waals surface area contributed by atoms with E-state index in [0.717, 1.165) is 49.4 Å². The van der Waals surface area contributed by atoms with E-state index >= 15 is 0 Å². The average Bonchev–Trinajstić information content (AvgIpc) is 3.28. The van der Waals surface area contributed by atoms with Gasteiger partial charge in [0.25, 0.3) is 0 Å². The molecule has 4 rings (SSSR count). The van der Waals surface area contributed by atoms with E-state index < -0.39 is 0 Å². The van der Waals surface area contributed by atoms with Crippen LogP contribution in [-0.2, 0) is 11.3 Å². The molecule has 1 unspecified atom stereocenters. The van der Waals surface area contributed by atoms with Crippen LogP contribution < -0.4 is 4.90 Å². The minimum atomic E-state index is 0.275. The van der Waals surface area contributed by atoms with Gasteiger partial charge in [-0.2, -0.15) is 5.10 Å². The van der Waals surface area contributed by atoms with Gasteiger partial charge in [0.15, 0.2) is 5.65 Å². The van der Waals surface area contributed by atoms with E-state index in [4.69, 9.17) is 4.74 Å². The van der Waals surface area contributed by atoms with Crippen molar-refractivity contribution in [1.29, 1.82) is 0 Å². The van der Waals surface area contributed by atoms with Gasteiger partial charge in [0.1, 0.15) is 12.1 Å². The molecule has 1 fully saturated rings. The number of hydrogen-bond acceptors (Lipinski definition) is 6. The largest absolute Gasteiger partial charge is 0.376 e. The van der Waals surface area contributed by atoms with Gasteiger partial charge in [-0.1, -0.05) is 6.07 Å². The standard InChI is InChI=1S/C15H17N5OS/c1-3-11(21-5-1)8-20(9-12-4-2-6-22-12)15-13-7-18-19-14(13)16-10-17-15/h2,4,6-7,10-11H,1,3,5,8-9H2,(H,16,17,18,19). The molecule has 1 atom stereocenters. The Balaban J connectivity index is 1.67. The van der Waals surface area contributed by atoms with Gasteiger partial charge in [0.2, 0.25) is 0 Å². The smallest absolute Gasteiger partial charge is 0.160 e. The number of thiophene rings is 1. The highest BCUT2D eigenvalue weighted by atomic mass is 32.1. The third kappa shape index (κ3) is 2.69. The molecular formula is C15H17N5OS. The summed E-state index contributed by atoms with van der Waals surface area (Å²) >= 11 is 1.76. The average molecular weight is 315 g/mol. The number of ether oxygens (including phenoxy) is 1. The van der Waals surface area contributed by atoms with Gasteiger partial charge in [0, 0.05) is 18.0 Å². The lowest BCUT2D eigenvalue weighted by molar-refractivity contribution is 0.115. The molecule has 114 valence electrons. The van der Waals surface area contributed by atoms with Crippen molar-refractivity contribution >= 4 is 28.2 Å². The van der Waals surface area contributed by atoms with Gasteiger partial charge in [-0.3, -0.25) is 5.10 Å². The number of fused-ring (bicyclic) bond motifs is 1. The molecule has 1 N–H and O–H groups in total. The van der Waals surface area contributed by atoms with E-state index in [9.17, 15) is 0 Å². The first-order chi connectivity index (χ1) is 10.9. The van der Waals surface area contributed by atoms with Crippen molar-refractivity contribution in [2.24, 2.45) is 0 Å². The van der Waals surface area contributed by atoms with E-state index in [1.807, 2.05) is 0 Å². The van der Waals surface area contributed by atoms with E-state index in [0.29, 0.717) is 0 Å². The molecule has 0 aromatic carbocycles. The van der Waals surface area contributed by atoms with Crippen LogP contribution in [-0.4, -0.2) is 39.4 Å². The number of anilines is 1. The van der Waals surface area contributed by atoms with Crippen LogP contribution in [0.1, 0.15) is 17.7 Å². The summed E-state index contributed by atoms with van der Waals surface area (Å²) in [5, 5.41) is 10.1. The zero-order valence-electron chi connectivity index (χ0n) is 12.1. The highest BCUT2D eigenvalue weighted by Gasteiger charge is 2.22. The molecule has 0 amide bonds. The third-order valence-electron chi connectivity index (χ3n) is 3.90. The Bertz CT molecular complexity index is 735. The first kappa shape index (κ1) is 13.7. The molecule has 22 heavy (non-hydrogen) atoms. The molecule has 0 bridgehead atoms. The fourth-order valence-electron chi connectivity index (χ4n) is 2.85. The summed E-state index contributed by atoms with van der Waals surface area (Å²) in [6.45, 7) is 2.53. The van der Waals surface area contributed by atoms with Crippen LogP contribution >= 0.6 is 11.3 Å². The molecule has 4 heterocycles. The maximum absolute atomic E-state index is 5.81. The van der Waals surface area contributed by atoms with E-state index in [1.54, 1.807) is 23.9 Å². The van der Waals surface area contributed by atoms with Crippen molar-refractivity contribution in [1.82, 2.24) is 20.2 Å². The highest BCUT2D eigenvalue weighted by molar-refractivity contribution is 7.09. The van der Waals surface area contributed by atoms with Gasteiger partial charge in [-0.25, -0.2) is 9.97 Å². The quantitative estimate of drug-likeness (QED) is 0.784. The van der Waals surface area contributed by atoms with E-state index in [-0.39, 0.29) is 6.10 Å². The Morgan fingerprint density at radius 1 is 1.41 bits per heavy atom. The minimum absolute atomic E-state index is 0.275. The summed E-state index contributed by atoms with van der Waals surface area (Å²) in [6.07, 6.45) is 5.91. The molecule has 0 saturated carbocycles. The molecule has 1 aliphatic heterocycles. The van der Waals surface area contributed by atoms with Crippen molar-refractivity contribution in [2.45, 2.75) is 25.5 Å². The maximum Gasteiger partial charge on any atom is 0.160 e. The molecule has 6 nitrogen and oxygen atoms in total. The molecule has 3 aromatic rings. The number of aromatic nitrogens is 4. The van der Waals surface area contributed by atoms with Crippen LogP contribution in [0, 0.1) is 0 Å². The molecular weight excluding hydrogens is 298 g/mol. The van der Waals surface area contributed by atoms with Crippen molar-refractivity contribution in [3.8, 4) is 0 Å². The molecule has 0 radical (unpaired) electrons. The number of rotatable bonds is 5. The van der Waals surface area contributed by atoms with Gasteiger partial charge in [0.05, 0.1) is 24.2 Å². The van der Waals surface area contributed by atoms with E-state index in [2.05, 4.69) is 42.6 Å². The van der Waals surface area contributed by atoms with Gasteiger partial charge < -0.3 is 9.64 Å². The van der Waals surface area contributed by atoms with Crippen LogP contribution in [0.2, 0.25) is 0 Å². The lowest BCUT2D eigenvalue weighted by atomic mass is 10.2. The Hall–Kier alpha value is -1.99. The zero-order valence-corrected chi connectivity index (χ0v) is 12.9. The second kappa shape index (κ2) is 6.02. The fraction of sp³-hybridized carbons (Fsp3) is 0.400. The molecule has 0 aliphatic carbocycles. The van der Waals surface area contributed by atoms with Crippen LogP contribution in [0.5, 0.6) is 0 Å². The normalized spacial score (nSPS) is 18.1. The number of aromatic amines is 1. The fourth-order valence-corrected chi connectivity index (χ4v) is 3.57. The van der Waals surface area contributed by atoms with Gasteiger partial charge in [-0.05, 0) is 24.3 Å². The lowest BCUT2D eigenvalue weighted by Crippen LogP contribution is -2.32. The van der Waals surface area contributed by atoms with Crippen LogP contribution in [0.4, 0.5) is 5.82 Å². The summed E-state index contributed by atoms with van der Waals surface area (Å²) < 4.78 is 5.81. The number of hydrogen-bond donors (Lipinski definition) is 1.